The Balaban J connectivity index is 1.77. The number of hydrogen-bond donors (Lipinski definition) is 1. The van der Waals surface area contributed by atoms with Crippen LogP contribution in [-0.4, -0.2) is 27.2 Å². The number of thiophene rings is 1. The van der Waals surface area contributed by atoms with E-state index in [0.717, 1.165) is 28.2 Å². The molecule has 0 saturated carbocycles. The van der Waals surface area contributed by atoms with Crippen molar-refractivity contribution in [3.05, 3.63) is 81.5 Å². The SMILES string of the molecule is Cc1cccc(OCCn2c(-c3ccccc3)nc3scc(C(=O)O)c3c2=O)c1. The number of aromatic carboxylic acids is 1. The van der Waals surface area contributed by atoms with E-state index in [-0.39, 0.29) is 29.7 Å². The van der Waals surface area contributed by atoms with Gasteiger partial charge in [0.2, 0.25) is 0 Å². The topological polar surface area (TPSA) is 81.4 Å². The third kappa shape index (κ3) is 3.77. The van der Waals surface area contributed by atoms with Crippen molar-refractivity contribution in [1.82, 2.24) is 9.55 Å². The van der Waals surface area contributed by atoms with Gasteiger partial charge in [-0.1, -0.05) is 42.5 Å². The summed E-state index contributed by atoms with van der Waals surface area (Å²) in [7, 11) is 0. The number of aromatic nitrogens is 2. The van der Waals surface area contributed by atoms with Gasteiger partial charge in [-0.2, -0.15) is 0 Å². The first-order valence-corrected chi connectivity index (χ1v) is 9.93. The van der Waals surface area contributed by atoms with Crippen molar-refractivity contribution in [2.45, 2.75) is 13.5 Å². The summed E-state index contributed by atoms with van der Waals surface area (Å²) in [5.41, 5.74) is 1.47. The van der Waals surface area contributed by atoms with Crippen LogP contribution in [0.3, 0.4) is 0 Å². The Morgan fingerprint density at radius 2 is 1.97 bits per heavy atom. The van der Waals surface area contributed by atoms with Crippen molar-refractivity contribution < 1.29 is 14.6 Å². The third-order valence-corrected chi connectivity index (χ3v) is 5.40. The smallest absolute Gasteiger partial charge is 0.337 e. The zero-order valence-electron chi connectivity index (χ0n) is 15.7. The molecule has 0 aliphatic rings. The Bertz CT molecular complexity index is 1240. The Kier molecular flexibility index (Phi) is 5.14. The lowest BCUT2D eigenvalue weighted by Crippen LogP contribution is -2.26. The molecule has 2 heterocycles. The van der Waals surface area contributed by atoms with Crippen molar-refractivity contribution in [2.75, 3.05) is 6.61 Å². The van der Waals surface area contributed by atoms with Gasteiger partial charge < -0.3 is 9.84 Å². The molecule has 0 unspecified atom stereocenters. The number of rotatable bonds is 6. The maximum Gasteiger partial charge on any atom is 0.337 e. The predicted molar refractivity (Wildman–Crippen MR) is 113 cm³/mol. The summed E-state index contributed by atoms with van der Waals surface area (Å²) in [6.45, 7) is 2.48. The van der Waals surface area contributed by atoms with Gasteiger partial charge in [-0.15, -0.1) is 11.3 Å². The molecule has 1 N–H and O–H groups in total. The van der Waals surface area contributed by atoms with E-state index in [0.29, 0.717) is 10.7 Å². The fourth-order valence-electron chi connectivity index (χ4n) is 3.16. The van der Waals surface area contributed by atoms with Crippen molar-refractivity contribution in [2.24, 2.45) is 0 Å². The predicted octanol–water partition coefficient (Wildman–Crippen LogP) is 4.21. The van der Waals surface area contributed by atoms with Crippen LogP contribution in [0.15, 0.2) is 64.8 Å². The second-order valence-electron chi connectivity index (χ2n) is 6.56. The quantitative estimate of drug-likeness (QED) is 0.519. The highest BCUT2D eigenvalue weighted by Crippen LogP contribution is 2.25. The summed E-state index contributed by atoms with van der Waals surface area (Å²) < 4.78 is 7.30. The number of benzene rings is 2. The molecule has 0 atom stereocenters. The van der Waals surface area contributed by atoms with Crippen LogP contribution in [-0.2, 0) is 6.54 Å². The summed E-state index contributed by atoms with van der Waals surface area (Å²) >= 11 is 1.16. The minimum Gasteiger partial charge on any atom is -0.492 e. The molecule has 146 valence electrons. The number of fused-ring (bicyclic) bond motifs is 1. The lowest BCUT2D eigenvalue weighted by Gasteiger charge is -2.14. The highest BCUT2D eigenvalue weighted by molar-refractivity contribution is 7.17. The van der Waals surface area contributed by atoms with Gasteiger partial charge in [-0.05, 0) is 24.6 Å². The molecule has 0 spiro atoms. The van der Waals surface area contributed by atoms with E-state index in [9.17, 15) is 14.7 Å². The normalized spacial score (nSPS) is 10.9. The summed E-state index contributed by atoms with van der Waals surface area (Å²) in [4.78, 5) is 29.8. The molecule has 0 bridgehead atoms. The van der Waals surface area contributed by atoms with Crippen molar-refractivity contribution in [1.29, 1.82) is 0 Å². The Hall–Kier alpha value is -3.45. The average Bonchev–Trinajstić information content (AvgIpc) is 3.15. The first-order chi connectivity index (χ1) is 14.0. The van der Waals surface area contributed by atoms with Crippen LogP contribution in [0.1, 0.15) is 15.9 Å². The first kappa shape index (κ1) is 18.9. The number of carboxylic acids is 1. The molecule has 0 fully saturated rings. The van der Waals surface area contributed by atoms with Crippen LogP contribution in [0, 0.1) is 6.92 Å². The molecule has 2 aromatic carbocycles. The van der Waals surface area contributed by atoms with Crippen LogP contribution >= 0.6 is 11.3 Å². The van der Waals surface area contributed by atoms with Gasteiger partial charge in [-0.25, -0.2) is 9.78 Å². The molecular weight excluding hydrogens is 388 g/mol. The maximum atomic E-state index is 13.2. The highest BCUT2D eigenvalue weighted by Gasteiger charge is 2.20. The molecule has 7 heteroatoms. The lowest BCUT2D eigenvalue weighted by molar-refractivity contribution is 0.0699. The Morgan fingerprint density at radius 3 is 2.69 bits per heavy atom. The van der Waals surface area contributed by atoms with Crippen LogP contribution < -0.4 is 10.3 Å². The molecule has 0 saturated heterocycles. The van der Waals surface area contributed by atoms with E-state index in [1.54, 1.807) is 0 Å². The van der Waals surface area contributed by atoms with E-state index in [4.69, 9.17) is 4.74 Å². The maximum absolute atomic E-state index is 13.2. The van der Waals surface area contributed by atoms with E-state index >= 15 is 0 Å². The molecule has 0 aliphatic heterocycles. The van der Waals surface area contributed by atoms with Crippen LogP contribution in [0.2, 0.25) is 0 Å². The lowest BCUT2D eigenvalue weighted by atomic mass is 10.2. The Morgan fingerprint density at radius 1 is 1.17 bits per heavy atom. The number of ether oxygens (including phenoxy) is 1. The van der Waals surface area contributed by atoms with E-state index in [1.807, 2.05) is 61.5 Å². The van der Waals surface area contributed by atoms with Gasteiger partial charge in [-0.3, -0.25) is 9.36 Å². The molecular formula is C22H18N2O4S. The van der Waals surface area contributed by atoms with Crippen LogP contribution in [0.25, 0.3) is 21.6 Å². The molecule has 0 aliphatic carbocycles. The summed E-state index contributed by atoms with van der Waals surface area (Å²) in [6, 6.07) is 17.0. The number of aryl methyl sites for hydroxylation is 1. The highest BCUT2D eigenvalue weighted by atomic mass is 32.1. The molecule has 4 rings (SSSR count). The van der Waals surface area contributed by atoms with Crippen molar-refractivity contribution in [3.63, 3.8) is 0 Å². The van der Waals surface area contributed by atoms with Gasteiger partial charge in [0.1, 0.15) is 23.0 Å². The number of nitrogens with zero attached hydrogens (tertiary/aromatic N) is 2. The number of carboxylic acid groups (broad SMARTS) is 1. The zero-order valence-corrected chi connectivity index (χ0v) is 16.5. The van der Waals surface area contributed by atoms with Gasteiger partial charge in [0.25, 0.3) is 5.56 Å². The van der Waals surface area contributed by atoms with Gasteiger partial charge in [0.15, 0.2) is 0 Å². The fraction of sp³-hybridized carbons (Fsp3) is 0.136. The fourth-order valence-corrected chi connectivity index (χ4v) is 4.06. The monoisotopic (exact) mass is 406 g/mol. The van der Waals surface area contributed by atoms with Gasteiger partial charge in [0, 0.05) is 10.9 Å². The molecule has 2 aromatic heterocycles. The number of hydrogen-bond acceptors (Lipinski definition) is 5. The second kappa shape index (κ2) is 7.89. The molecule has 0 amide bonds. The Labute approximate surface area is 170 Å². The third-order valence-electron chi connectivity index (χ3n) is 4.53. The largest absolute Gasteiger partial charge is 0.492 e. The average molecular weight is 406 g/mol. The van der Waals surface area contributed by atoms with E-state index in [2.05, 4.69) is 4.98 Å². The van der Waals surface area contributed by atoms with E-state index in [1.165, 1.54) is 9.95 Å². The standard InChI is InChI=1S/C22H18N2O4S/c1-14-6-5-9-16(12-14)28-11-10-24-19(15-7-3-2-4-8-15)23-20-18(21(24)25)17(13-29-20)22(26)27/h2-9,12-13H,10-11H2,1H3,(H,26,27). The zero-order chi connectivity index (χ0) is 20.4. The van der Waals surface area contributed by atoms with Gasteiger partial charge in [0.05, 0.1) is 17.5 Å². The van der Waals surface area contributed by atoms with E-state index < -0.39 is 5.97 Å². The minimum atomic E-state index is -1.13. The summed E-state index contributed by atoms with van der Waals surface area (Å²) in [5, 5.41) is 11.0. The van der Waals surface area contributed by atoms with Crippen molar-refractivity contribution >= 4 is 27.5 Å². The summed E-state index contributed by atoms with van der Waals surface area (Å²) in [5.74, 6) is 0.0787. The minimum absolute atomic E-state index is 0.0181. The molecule has 6 nitrogen and oxygen atoms in total. The molecule has 0 radical (unpaired) electrons. The van der Waals surface area contributed by atoms with Gasteiger partial charge >= 0.3 is 5.97 Å². The van der Waals surface area contributed by atoms with Crippen LogP contribution in [0.5, 0.6) is 5.75 Å². The molecule has 4 aromatic rings. The number of carbonyl (C=O) groups is 1. The molecule has 29 heavy (non-hydrogen) atoms. The summed E-state index contributed by atoms with van der Waals surface area (Å²) in [6.07, 6.45) is 0. The first-order valence-electron chi connectivity index (χ1n) is 9.05. The second-order valence-corrected chi connectivity index (χ2v) is 7.42. The van der Waals surface area contributed by atoms with Crippen molar-refractivity contribution in [3.8, 4) is 17.1 Å². The van der Waals surface area contributed by atoms with Crippen LogP contribution in [0.4, 0.5) is 0 Å².